The summed E-state index contributed by atoms with van der Waals surface area (Å²) in [7, 11) is 0. The van der Waals surface area contributed by atoms with Gasteiger partial charge >= 0.3 is 17.9 Å². The van der Waals surface area contributed by atoms with Crippen molar-refractivity contribution in [1.82, 2.24) is 0 Å². The van der Waals surface area contributed by atoms with Gasteiger partial charge in [-0.05, 0) is 70.6 Å². The molecule has 0 aliphatic heterocycles. The van der Waals surface area contributed by atoms with Crippen LogP contribution in [0.15, 0.2) is 72.9 Å². The molecule has 0 heterocycles. The molecule has 6 nitrogen and oxygen atoms in total. The van der Waals surface area contributed by atoms with Crippen LogP contribution in [0.3, 0.4) is 0 Å². The van der Waals surface area contributed by atoms with Gasteiger partial charge < -0.3 is 14.2 Å². The van der Waals surface area contributed by atoms with Gasteiger partial charge in [0.05, 0.1) is 0 Å². The van der Waals surface area contributed by atoms with Crippen molar-refractivity contribution >= 4 is 17.9 Å². The van der Waals surface area contributed by atoms with Crippen molar-refractivity contribution in [3.8, 4) is 0 Å². The van der Waals surface area contributed by atoms with Crippen molar-refractivity contribution in [3.05, 3.63) is 72.9 Å². The van der Waals surface area contributed by atoms with Crippen molar-refractivity contribution in [1.29, 1.82) is 0 Å². The van der Waals surface area contributed by atoms with Crippen molar-refractivity contribution in [2.45, 2.75) is 245 Å². The molecule has 1 atom stereocenters. The number of esters is 3. The third-order valence-corrected chi connectivity index (χ3v) is 10.7. The molecule has 0 N–H and O–H groups in total. The number of carbonyl (C=O) groups excluding carboxylic acids is 3. The molecule has 0 fully saturated rings. The third-order valence-electron chi connectivity index (χ3n) is 10.7. The molecule has 0 saturated heterocycles. The topological polar surface area (TPSA) is 78.9 Å². The summed E-state index contributed by atoms with van der Waals surface area (Å²) in [6.07, 6.45) is 62.0. The van der Waals surface area contributed by atoms with Crippen molar-refractivity contribution in [2.75, 3.05) is 13.2 Å². The summed E-state index contributed by atoms with van der Waals surface area (Å²) < 4.78 is 16.7. The Labute approximate surface area is 376 Å². The van der Waals surface area contributed by atoms with E-state index in [1.165, 1.54) is 96.3 Å². The number of ether oxygens (including phenoxy) is 3. The lowest BCUT2D eigenvalue weighted by Gasteiger charge is -2.18. The molecule has 0 aromatic rings. The second-order valence-electron chi connectivity index (χ2n) is 16.7. The Morgan fingerprint density at radius 3 is 1.00 bits per heavy atom. The minimum atomic E-state index is -0.771. The fourth-order valence-corrected chi connectivity index (χ4v) is 6.92. The molecule has 350 valence electrons. The van der Waals surface area contributed by atoms with Gasteiger partial charge in [-0.2, -0.15) is 0 Å². The zero-order valence-corrected chi connectivity index (χ0v) is 39.9. The van der Waals surface area contributed by atoms with Gasteiger partial charge in [0.25, 0.3) is 0 Å². The highest BCUT2D eigenvalue weighted by Gasteiger charge is 2.19. The predicted molar refractivity (Wildman–Crippen MR) is 261 cm³/mol. The van der Waals surface area contributed by atoms with E-state index in [1.807, 2.05) is 0 Å². The number of rotatable bonds is 45. The summed E-state index contributed by atoms with van der Waals surface area (Å²) >= 11 is 0. The summed E-state index contributed by atoms with van der Waals surface area (Å²) in [5.74, 6) is -0.894. The minimum absolute atomic E-state index is 0.0757. The number of hydrogen-bond donors (Lipinski definition) is 0. The smallest absolute Gasteiger partial charge is 0.306 e. The molecule has 0 radical (unpaired) electrons. The second kappa shape index (κ2) is 49.5. The Kier molecular flexibility index (Phi) is 46.9. The Morgan fingerprint density at radius 1 is 0.344 bits per heavy atom. The van der Waals surface area contributed by atoms with Crippen LogP contribution in [-0.4, -0.2) is 37.2 Å². The van der Waals surface area contributed by atoms with Crippen molar-refractivity contribution in [3.63, 3.8) is 0 Å². The summed E-state index contributed by atoms with van der Waals surface area (Å²) in [6.45, 7) is 6.45. The fraction of sp³-hybridized carbons (Fsp3) is 0.727. The molecule has 0 aromatic carbocycles. The normalized spacial score (nSPS) is 12.6. The first-order chi connectivity index (χ1) is 30.0. The van der Waals surface area contributed by atoms with Crippen LogP contribution in [0.1, 0.15) is 239 Å². The first-order valence-electron chi connectivity index (χ1n) is 25.4. The number of unbranched alkanes of at least 4 members (excludes halogenated alkanes) is 22. The molecule has 1 unspecified atom stereocenters. The number of hydrogen-bond acceptors (Lipinski definition) is 6. The van der Waals surface area contributed by atoms with Crippen LogP contribution >= 0.6 is 0 Å². The number of carbonyl (C=O) groups is 3. The molecule has 0 aliphatic rings. The first-order valence-corrected chi connectivity index (χ1v) is 25.4. The molecule has 0 aliphatic carbocycles. The van der Waals surface area contributed by atoms with E-state index < -0.39 is 6.10 Å². The highest BCUT2D eigenvalue weighted by atomic mass is 16.6. The molecule has 0 spiro atoms. The fourth-order valence-electron chi connectivity index (χ4n) is 6.92. The molecule has 0 rings (SSSR count). The zero-order chi connectivity index (χ0) is 44.4. The molecule has 0 bridgehead atoms. The molecule has 0 saturated carbocycles. The van der Waals surface area contributed by atoms with E-state index in [9.17, 15) is 14.4 Å². The Bertz CT molecular complexity index is 1160. The lowest BCUT2D eigenvalue weighted by Crippen LogP contribution is -2.30. The Morgan fingerprint density at radius 2 is 0.639 bits per heavy atom. The SMILES string of the molecule is CC/C=C\C/C=C\C/C=C\C/C=C\C/C=C\C/C=C\CCCCCCCCCCC(=O)OCC(COC(=O)CCCCCCCCCC)OC(=O)CCCCCCCCCC. The standard InChI is InChI=1S/C55H94O6/c1-4-7-10-13-16-19-20-21-22-23-24-25-26-27-28-29-30-31-32-33-34-35-36-37-40-42-45-48-54(57)60-51-52(61-55(58)49-46-43-39-18-15-12-9-6-3)50-59-53(56)47-44-41-38-17-14-11-8-5-2/h7,10,16,19,21-22,24-25,27-28,30-31,52H,4-6,8-9,11-15,17-18,20,23,26,29,32-51H2,1-3H3/b10-7-,19-16-,22-21-,25-24-,28-27-,31-30-. The van der Waals surface area contributed by atoms with E-state index in [0.29, 0.717) is 19.3 Å². The second-order valence-corrected chi connectivity index (χ2v) is 16.7. The van der Waals surface area contributed by atoms with Gasteiger partial charge in [-0.25, -0.2) is 0 Å². The molecule has 0 aromatic heterocycles. The summed E-state index contributed by atoms with van der Waals surface area (Å²) in [4.78, 5) is 37.6. The van der Waals surface area contributed by atoms with E-state index in [0.717, 1.165) is 103 Å². The summed E-state index contributed by atoms with van der Waals surface area (Å²) in [5, 5.41) is 0. The molecular formula is C55H94O6. The third kappa shape index (κ3) is 47.7. The maximum atomic E-state index is 12.6. The lowest BCUT2D eigenvalue weighted by atomic mass is 10.1. The average molecular weight is 851 g/mol. The van der Waals surface area contributed by atoms with E-state index >= 15 is 0 Å². The molecule has 6 heteroatoms. The Hall–Kier alpha value is -3.15. The molecule has 61 heavy (non-hydrogen) atoms. The summed E-state index contributed by atoms with van der Waals surface area (Å²) in [5.41, 5.74) is 0. The van der Waals surface area contributed by atoms with E-state index in [2.05, 4.69) is 93.7 Å². The van der Waals surface area contributed by atoms with Gasteiger partial charge in [0, 0.05) is 19.3 Å². The minimum Gasteiger partial charge on any atom is -0.462 e. The van der Waals surface area contributed by atoms with Crippen LogP contribution in [0.25, 0.3) is 0 Å². The monoisotopic (exact) mass is 851 g/mol. The van der Waals surface area contributed by atoms with Gasteiger partial charge in [-0.15, -0.1) is 0 Å². The van der Waals surface area contributed by atoms with Crippen LogP contribution in [0.4, 0.5) is 0 Å². The molecule has 0 amide bonds. The van der Waals surface area contributed by atoms with Crippen LogP contribution < -0.4 is 0 Å². The van der Waals surface area contributed by atoms with Crippen LogP contribution in [0.2, 0.25) is 0 Å². The van der Waals surface area contributed by atoms with Gasteiger partial charge in [-0.3, -0.25) is 14.4 Å². The lowest BCUT2D eigenvalue weighted by molar-refractivity contribution is -0.167. The first kappa shape index (κ1) is 57.9. The largest absolute Gasteiger partial charge is 0.462 e. The predicted octanol–water partition coefficient (Wildman–Crippen LogP) is 16.6. The average Bonchev–Trinajstić information content (AvgIpc) is 3.26. The van der Waals surface area contributed by atoms with Gasteiger partial charge in [-0.1, -0.05) is 222 Å². The van der Waals surface area contributed by atoms with Crippen molar-refractivity contribution < 1.29 is 28.6 Å². The van der Waals surface area contributed by atoms with E-state index in [1.54, 1.807) is 0 Å². The van der Waals surface area contributed by atoms with Crippen LogP contribution in [-0.2, 0) is 28.6 Å². The highest BCUT2D eigenvalue weighted by Crippen LogP contribution is 2.14. The van der Waals surface area contributed by atoms with Gasteiger partial charge in [0.15, 0.2) is 6.10 Å². The maximum absolute atomic E-state index is 12.6. The van der Waals surface area contributed by atoms with Crippen LogP contribution in [0.5, 0.6) is 0 Å². The van der Waals surface area contributed by atoms with E-state index in [4.69, 9.17) is 14.2 Å². The van der Waals surface area contributed by atoms with E-state index in [-0.39, 0.29) is 31.1 Å². The number of allylic oxidation sites excluding steroid dienone is 12. The quantitative estimate of drug-likeness (QED) is 0.0263. The Balaban J connectivity index is 4.12. The molecular weight excluding hydrogens is 757 g/mol. The van der Waals surface area contributed by atoms with Crippen molar-refractivity contribution in [2.24, 2.45) is 0 Å². The maximum Gasteiger partial charge on any atom is 0.306 e. The van der Waals surface area contributed by atoms with Crippen LogP contribution in [0, 0.1) is 0 Å². The van der Waals surface area contributed by atoms with Gasteiger partial charge in [0.1, 0.15) is 13.2 Å². The zero-order valence-electron chi connectivity index (χ0n) is 39.9. The summed E-state index contributed by atoms with van der Waals surface area (Å²) in [6, 6.07) is 0. The highest BCUT2D eigenvalue weighted by molar-refractivity contribution is 5.71. The van der Waals surface area contributed by atoms with Gasteiger partial charge in [0.2, 0.25) is 0 Å².